The van der Waals surface area contributed by atoms with Gasteiger partial charge in [0.2, 0.25) is 0 Å². The number of hydrogen-bond acceptors (Lipinski definition) is 0. The van der Waals surface area contributed by atoms with Crippen LogP contribution in [0.1, 0.15) is 96.3 Å². The van der Waals surface area contributed by atoms with Gasteiger partial charge in [0.15, 0.2) is 0 Å². The molecule has 0 heterocycles. The lowest BCUT2D eigenvalue weighted by Crippen LogP contribution is -2.02. The zero-order chi connectivity index (χ0) is 12.9. The minimum Gasteiger partial charge on any atom is -0.126 e. The van der Waals surface area contributed by atoms with Gasteiger partial charge >= 0.3 is 0 Å². The van der Waals surface area contributed by atoms with Gasteiger partial charge in [0.1, 0.15) is 0 Å². The quantitative estimate of drug-likeness (QED) is 0.466. The highest BCUT2D eigenvalue weighted by atomic mass is 35.5. The van der Waals surface area contributed by atoms with Gasteiger partial charge in [-0.25, -0.2) is 0 Å². The van der Waals surface area contributed by atoms with E-state index in [0.29, 0.717) is 0 Å². The largest absolute Gasteiger partial charge is 0.126 e. The molecule has 0 aromatic rings. The maximum atomic E-state index is 6.08. The van der Waals surface area contributed by atoms with Crippen LogP contribution in [0.5, 0.6) is 0 Å². The maximum Gasteiger partial charge on any atom is 0.0251 e. The molecule has 0 nitrogen and oxygen atoms in total. The molecule has 0 unspecified atom stereocenters. The normalized spacial score (nSPS) is 23.8. The third-order valence-electron chi connectivity index (χ3n) is 4.44. The van der Waals surface area contributed by atoms with E-state index in [-0.39, 0.29) is 0 Å². The molecule has 1 fully saturated rings. The number of alkyl halides is 1. The van der Waals surface area contributed by atoms with Crippen LogP contribution in [-0.4, -0.2) is 5.88 Å². The first kappa shape index (κ1) is 16.3. The molecule has 1 heteroatoms. The molecule has 1 aliphatic rings. The third kappa shape index (κ3) is 9.25. The Morgan fingerprint density at radius 1 is 0.500 bits per heavy atom. The predicted molar refractivity (Wildman–Crippen MR) is 83.5 cm³/mol. The topological polar surface area (TPSA) is 0 Å². The first-order valence-electron chi connectivity index (χ1n) is 8.49. The molecule has 0 amide bonds. The van der Waals surface area contributed by atoms with Crippen LogP contribution in [0.2, 0.25) is 0 Å². The average Bonchev–Trinajstić information content (AvgIpc) is 2.39. The van der Waals surface area contributed by atoms with Crippen molar-refractivity contribution in [3.8, 4) is 0 Å². The van der Waals surface area contributed by atoms with E-state index in [2.05, 4.69) is 0 Å². The van der Waals surface area contributed by atoms with Gasteiger partial charge in [-0.05, 0) is 18.8 Å². The van der Waals surface area contributed by atoms with Crippen LogP contribution in [0.25, 0.3) is 0 Å². The van der Waals surface area contributed by atoms with Gasteiger partial charge in [-0.15, -0.1) is 11.6 Å². The SMILES string of the molecule is ClCC1CCCCCCCCCCCCCCC1. The van der Waals surface area contributed by atoms with Gasteiger partial charge in [0.05, 0.1) is 0 Å². The van der Waals surface area contributed by atoms with Gasteiger partial charge in [0.25, 0.3) is 0 Å². The van der Waals surface area contributed by atoms with Crippen LogP contribution < -0.4 is 0 Å². The Balaban J connectivity index is 2.15. The van der Waals surface area contributed by atoms with Crippen molar-refractivity contribution in [1.29, 1.82) is 0 Å². The molecular weight excluding hydrogens is 240 g/mol. The first-order chi connectivity index (χ1) is 8.93. The average molecular weight is 273 g/mol. The van der Waals surface area contributed by atoms with Crippen molar-refractivity contribution in [1.82, 2.24) is 0 Å². The molecule has 0 atom stereocenters. The van der Waals surface area contributed by atoms with E-state index in [4.69, 9.17) is 11.6 Å². The maximum absolute atomic E-state index is 6.08. The Morgan fingerprint density at radius 3 is 1.06 bits per heavy atom. The molecule has 0 bridgehead atoms. The van der Waals surface area contributed by atoms with Crippen molar-refractivity contribution in [2.24, 2.45) is 5.92 Å². The summed E-state index contributed by atoms with van der Waals surface area (Å²) >= 11 is 6.08. The molecule has 0 aromatic carbocycles. The fraction of sp³-hybridized carbons (Fsp3) is 1.00. The number of hydrogen-bond donors (Lipinski definition) is 0. The molecule has 0 aliphatic heterocycles. The van der Waals surface area contributed by atoms with Crippen LogP contribution in [0, 0.1) is 5.92 Å². The lowest BCUT2D eigenvalue weighted by molar-refractivity contribution is 0.430. The summed E-state index contributed by atoms with van der Waals surface area (Å²) in [5.41, 5.74) is 0. The summed E-state index contributed by atoms with van der Waals surface area (Å²) in [7, 11) is 0. The molecule has 1 aliphatic carbocycles. The van der Waals surface area contributed by atoms with Gasteiger partial charge in [-0.3, -0.25) is 0 Å². The second-order valence-corrected chi connectivity index (χ2v) is 6.50. The van der Waals surface area contributed by atoms with Crippen LogP contribution in [0.15, 0.2) is 0 Å². The summed E-state index contributed by atoms with van der Waals surface area (Å²) in [5.74, 6) is 1.69. The standard InChI is InChI=1S/C17H33Cl/c18-16-17-14-12-10-8-6-4-2-1-3-5-7-9-11-13-15-17/h17H,1-16H2. The lowest BCUT2D eigenvalue weighted by Gasteiger charge is -2.14. The second kappa shape index (κ2) is 12.3. The Hall–Kier alpha value is 0.290. The molecule has 0 radical (unpaired) electrons. The van der Waals surface area contributed by atoms with E-state index in [1.165, 1.54) is 96.3 Å². The molecule has 0 N–H and O–H groups in total. The van der Waals surface area contributed by atoms with Crippen molar-refractivity contribution < 1.29 is 0 Å². The predicted octanol–water partition coefficient (Wildman–Crippen LogP) is 6.71. The molecule has 0 aromatic heterocycles. The Bertz CT molecular complexity index is 151. The molecule has 18 heavy (non-hydrogen) atoms. The van der Waals surface area contributed by atoms with Crippen molar-refractivity contribution in [3.63, 3.8) is 0 Å². The second-order valence-electron chi connectivity index (χ2n) is 6.19. The zero-order valence-electron chi connectivity index (χ0n) is 12.3. The van der Waals surface area contributed by atoms with Crippen LogP contribution in [-0.2, 0) is 0 Å². The molecule has 0 saturated heterocycles. The molecule has 108 valence electrons. The van der Waals surface area contributed by atoms with Crippen molar-refractivity contribution in [2.45, 2.75) is 96.3 Å². The minimum atomic E-state index is 0.805. The van der Waals surface area contributed by atoms with Gasteiger partial charge in [-0.2, -0.15) is 0 Å². The number of rotatable bonds is 1. The van der Waals surface area contributed by atoms with E-state index in [1.807, 2.05) is 0 Å². The van der Waals surface area contributed by atoms with Crippen molar-refractivity contribution in [2.75, 3.05) is 5.88 Å². The highest BCUT2D eigenvalue weighted by Gasteiger charge is 2.07. The summed E-state index contributed by atoms with van der Waals surface area (Å²) in [6.07, 6.45) is 21.7. The highest BCUT2D eigenvalue weighted by molar-refractivity contribution is 6.18. The molecule has 1 rings (SSSR count). The van der Waals surface area contributed by atoms with Gasteiger partial charge in [-0.1, -0.05) is 83.5 Å². The fourth-order valence-electron chi connectivity index (χ4n) is 3.11. The zero-order valence-corrected chi connectivity index (χ0v) is 13.0. The van der Waals surface area contributed by atoms with Crippen LogP contribution in [0.4, 0.5) is 0 Å². The molecular formula is C17H33Cl. The van der Waals surface area contributed by atoms with E-state index >= 15 is 0 Å². The number of halogens is 1. The Kier molecular flexibility index (Phi) is 11.2. The first-order valence-corrected chi connectivity index (χ1v) is 9.03. The van der Waals surface area contributed by atoms with Gasteiger partial charge < -0.3 is 0 Å². The van der Waals surface area contributed by atoms with Crippen LogP contribution >= 0.6 is 11.6 Å². The van der Waals surface area contributed by atoms with Crippen LogP contribution in [0.3, 0.4) is 0 Å². The van der Waals surface area contributed by atoms with E-state index in [0.717, 1.165) is 11.8 Å². The van der Waals surface area contributed by atoms with E-state index in [9.17, 15) is 0 Å². The molecule has 1 saturated carbocycles. The Morgan fingerprint density at radius 2 is 0.778 bits per heavy atom. The minimum absolute atomic E-state index is 0.805. The third-order valence-corrected chi connectivity index (χ3v) is 4.88. The smallest absolute Gasteiger partial charge is 0.0251 e. The van der Waals surface area contributed by atoms with E-state index < -0.39 is 0 Å². The Labute approximate surface area is 120 Å². The van der Waals surface area contributed by atoms with Crippen molar-refractivity contribution >= 4 is 11.6 Å². The summed E-state index contributed by atoms with van der Waals surface area (Å²) in [6.45, 7) is 0. The highest BCUT2D eigenvalue weighted by Crippen LogP contribution is 2.21. The fourth-order valence-corrected chi connectivity index (χ4v) is 3.42. The van der Waals surface area contributed by atoms with Crippen molar-refractivity contribution in [3.05, 3.63) is 0 Å². The summed E-state index contributed by atoms with van der Waals surface area (Å²) < 4.78 is 0. The monoisotopic (exact) mass is 272 g/mol. The lowest BCUT2D eigenvalue weighted by atomic mass is 9.95. The molecule has 0 spiro atoms. The van der Waals surface area contributed by atoms with Gasteiger partial charge in [0, 0.05) is 5.88 Å². The summed E-state index contributed by atoms with van der Waals surface area (Å²) in [5, 5.41) is 0. The summed E-state index contributed by atoms with van der Waals surface area (Å²) in [4.78, 5) is 0. The van der Waals surface area contributed by atoms with E-state index in [1.54, 1.807) is 0 Å². The summed E-state index contributed by atoms with van der Waals surface area (Å²) in [6, 6.07) is 0.